The predicted octanol–water partition coefficient (Wildman–Crippen LogP) is 1.28. The highest BCUT2D eigenvalue weighted by Crippen LogP contribution is 2.28. The van der Waals surface area contributed by atoms with Crippen molar-refractivity contribution in [3.8, 4) is 0 Å². The van der Waals surface area contributed by atoms with Gasteiger partial charge < -0.3 is 10.9 Å². The summed E-state index contributed by atoms with van der Waals surface area (Å²) in [6, 6.07) is 4.63. The Morgan fingerprint density at radius 1 is 1.57 bits per heavy atom. The molecule has 2 aromatic rings. The van der Waals surface area contributed by atoms with E-state index in [4.69, 9.17) is 10.9 Å². The van der Waals surface area contributed by atoms with Gasteiger partial charge in [0.25, 0.3) is 5.69 Å². The van der Waals surface area contributed by atoms with Gasteiger partial charge in [-0.15, -0.1) is 0 Å². The fourth-order valence-corrected chi connectivity index (χ4v) is 2.55. The van der Waals surface area contributed by atoms with Crippen molar-refractivity contribution in [3.05, 3.63) is 39.7 Å². The van der Waals surface area contributed by atoms with Crippen LogP contribution >= 0.6 is 11.8 Å². The van der Waals surface area contributed by atoms with Crippen molar-refractivity contribution >= 4 is 23.3 Å². The molecule has 0 spiro atoms. The quantitative estimate of drug-likeness (QED) is 0.286. The number of hydrogen-bond acceptors (Lipinski definition) is 7. The maximum atomic E-state index is 10.9. The number of nitrogens with two attached hydrogens (primary N) is 1. The average molecular weight is 308 g/mol. The number of rotatable bonds is 4. The molecule has 0 saturated carbocycles. The van der Waals surface area contributed by atoms with Crippen molar-refractivity contribution in [1.29, 1.82) is 0 Å². The fraction of sp³-hybridized carbons (Fsp3) is 0.182. The summed E-state index contributed by atoms with van der Waals surface area (Å²) in [5.74, 6) is -0.412. The van der Waals surface area contributed by atoms with E-state index in [-0.39, 0.29) is 11.4 Å². The van der Waals surface area contributed by atoms with Crippen LogP contribution in [0.4, 0.5) is 5.69 Å². The molecule has 2 heterocycles. The van der Waals surface area contributed by atoms with Crippen LogP contribution in [-0.4, -0.2) is 30.7 Å². The summed E-state index contributed by atoms with van der Waals surface area (Å²) in [7, 11) is 1.78. The minimum absolute atomic E-state index is 0.175. The van der Waals surface area contributed by atoms with Crippen LogP contribution in [0.1, 0.15) is 11.4 Å². The van der Waals surface area contributed by atoms with Crippen molar-refractivity contribution in [3.63, 3.8) is 0 Å². The molecule has 2 rings (SSSR count). The molecule has 0 atom stereocenters. The minimum atomic E-state index is -0.636. The van der Waals surface area contributed by atoms with E-state index in [0.29, 0.717) is 5.03 Å². The lowest BCUT2D eigenvalue weighted by Gasteiger charge is -2.04. The van der Waals surface area contributed by atoms with Crippen molar-refractivity contribution in [1.82, 2.24) is 14.8 Å². The molecule has 0 aliphatic rings. The molecule has 0 aliphatic heterocycles. The lowest BCUT2D eigenvalue weighted by Crippen LogP contribution is -2.17. The Morgan fingerprint density at radius 3 is 2.81 bits per heavy atom. The van der Waals surface area contributed by atoms with Gasteiger partial charge in [0.05, 0.1) is 10.6 Å². The van der Waals surface area contributed by atoms with Crippen molar-refractivity contribution < 1.29 is 10.1 Å². The van der Waals surface area contributed by atoms with Gasteiger partial charge in [0.1, 0.15) is 10.1 Å². The summed E-state index contributed by atoms with van der Waals surface area (Å²) in [4.78, 5) is 14.4. The van der Waals surface area contributed by atoms with E-state index < -0.39 is 10.8 Å². The molecule has 110 valence electrons. The standard InChI is InChI=1S/C11H12N6O3S/c1-6-5-9(16(2)14-6)21-8-4-3-7(17(19)20)10(13-8)11(12)15-18/h3-5,18H,1-2H3,(H2,12,15). The molecule has 0 aliphatic carbocycles. The van der Waals surface area contributed by atoms with Crippen LogP contribution in [0, 0.1) is 17.0 Å². The number of pyridine rings is 1. The molecule has 0 bridgehead atoms. The molecule has 0 amide bonds. The molecule has 3 N–H and O–H groups in total. The summed E-state index contributed by atoms with van der Waals surface area (Å²) in [6.07, 6.45) is 0. The zero-order chi connectivity index (χ0) is 15.6. The van der Waals surface area contributed by atoms with E-state index >= 15 is 0 Å². The van der Waals surface area contributed by atoms with Gasteiger partial charge in [-0.2, -0.15) is 5.10 Å². The maximum Gasteiger partial charge on any atom is 0.298 e. The second-order valence-electron chi connectivity index (χ2n) is 4.11. The number of nitro groups is 1. The number of nitrogens with zero attached hydrogens (tertiary/aromatic N) is 5. The van der Waals surface area contributed by atoms with E-state index in [9.17, 15) is 10.1 Å². The number of oxime groups is 1. The first-order valence-corrected chi connectivity index (χ1v) is 6.56. The van der Waals surface area contributed by atoms with Crippen LogP contribution in [-0.2, 0) is 7.05 Å². The first-order valence-electron chi connectivity index (χ1n) is 5.74. The van der Waals surface area contributed by atoms with Gasteiger partial charge >= 0.3 is 0 Å². The summed E-state index contributed by atoms with van der Waals surface area (Å²) >= 11 is 1.27. The number of aromatic nitrogens is 3. The minimum Gasteiger partial charge on any atom is -0.409 e. The first kappa shape index (κ1) is 14.8. The normalized spacial score (nSPS) is 11.6. The van der Waals surface area contributed by atoms with Crippen molar-refractivity contribution in [2.45, 2.75) is 17.0 Å². The third kappa shape index (κ3) is 3.11. The maximum absolute atomic E-state index is 10.9. The van der Waals surface area contributed by atoms with E-state index in [0.717, 1.165) is 10.7 Å². The van der Waals surface area contributed by atoms with Gasteiger partial charge in [-0.25, -0.2) is 4.98 Å². The summed E-state index contributed by atoms with van der Waals surface area (Å²) in [5.41, 5.74) is 5.78. The Kier molecular flexibility index (Phi) is 4.08. The fourth-order valence-electron chi connectivity index (χ4n) is 1.66. The van der Waals surface area contributed by atoms with E-state index in [1.807, 2.05) is 13.0 Å². The third-order valence-corrected chi connectivity index (χ3v) is 3.59. The Balaban J connectivity index is 2.42. The molecule has 0 unspecified atom stereocenters. The molecule has 0 radical (unpaired) electrons. The molecule has 2 aromatic heterocycles. The van der Waals surface area contributed by atoms with Crippen LogP contribution < -0.4 is 5.73 Å². The van der Waals surface area contributed by atoms with Gasteiger partial charge in [0.15, 0.2) is 11.5 Å². The molecular weight excluding hydrogens is 296 g/mol. The summed E-state index contributed by atoms with van der Waals surface area (Å²) < 4.78 is 1.67. The van der Waals surface area contributed by atoms with Gasteiger partial charge in [-0.1, -0.05) is 16.9 Å². The van der Waals surface area contributed by atoms with Crippen LogP contribution in [0.5, 0.6) is 0 Å². The van der Waals surface area contributed by atoms with Crippen LogP contribution in [0.3, 0.4) is 0 Å². The highest BCUT2D eigenvalue weighted by atomic mass is 32.2. The lowest BCUT2D eigenvalue weighted by atomic mass is 10.3. The topological polar surface area (TPSA) is 132 Å². The number of aryl methyl sites for hydroxylation is 2. The van der Waals surface area contributed by atoms with Gasteiger partial charge in [0.2, 0.25) is 0 Å². The number of amidine groups is 1. The Bertz CT molecular complexity index is 727. The highest BCUT2D eigenvalue weighted by Gasteiger charge is 2.20. The summed E-state index contributed by atoms with van der Waals surface area (Å²) in [6.45, 7) is 1.86. The first-order chi connectivity index (χ1) is 9.92. The lowest BCUT2D eigenvalue weighted by molar-refractivity contribution is -0.385. The van der Waals surface area contributed by atoms with E-state index in [1.165, 1.54) is 23.9 Å². The zero-order valence-electron chi connectivity index (χ0n) is 11.2. The van der Waals surface area contributed by atoms with Crippen molar-refractivity contribution in [2.75, 3.05) is 0 Å². The Labute approximate surface area is 123 Å². The van der Waals surface area contributed by atoms with Crippen molar-refractivity contribution in [2.24, 2.45) is 17.9 Å². The summed E-state index contributed by atoms with van der Waals surface area (Å²) in [5, 5.41) is 27.9. The SMILES string of the molecule is Cc1cc(Sc2ccc([N+](=O)[O-])c(/C(N)=N/O)n2)n(C)n1. The molecule has 21 heavy (non-hydrogen) atoms. The molecule has 0 saturated heterocycles. The Morgan fingerprint density at radius 2 is 2.29 bits per heavy atom. The van der Waals surface area contributed by atoms with Crippen LogP contribution in [0.2, 0.25) is 0 Å². The second kappa shape index (κ2) is 5.79. The molecule has 0 fully saturated rings. The number of hydrogen-bond donors (Lipinski definition) is 2. The molecule has 10 heteroatoms. The molecule has 9 nitrogen and oxygen atoms in total. The van der Waals surface area contributed by atoms with Crippen LogP contribution in [0.25, 0.3) is 0 Å². The average Bonchev–Trinajstić information content (AvgIpc) is 2.75. The second-order valence-corrected chi connectivity index (χ2v) is 5.15. The monoisotopic (exact) mass is 308 g/mol. The van der Waals surface area contributed by atoms with Crippen LogP contribution in [0.15, 0.2) is 33.4 Å². The Hall–Kier alpha value is -2.62. The predicted molar refractivity (Wildman–Crippen MR) is 75.5 cm³/mol. The molecular formula is C11H12N6O3S. The highest BCUT2D eigenvalue weighted by molar-refractivity contribution is 7.99. The van der Waals surface area contributed by atoms with Gasteiger partial charge in [-0.05, 0) is 19.1 Å². The van der Waals surface area contributed by atoms with E-state index in [1.54, 1.807) is 11.7 Å². The smallest absolute Gasteiger partial charge is 0.298 e. The van der Waals surface area contributed by atoms with Gasteiger partial charge in [0, 0.05) is 13.1 Å². The van der Waals surface area contributed by atoms with E-state index in [2.05, 4.69) is 15.2 Å². The molecule has 0 aromatic carbocycles. The van der Waals surface area contributed by atoms with Gasteiger partial charge in [-0.3, -0.25) is 14.8 Å². The third-order valence-electron chi connectivity index (χ3n) is 2.56. The zero-order valence-corrected chi connectivity index (χ0v) is 12.0. The largest absolute Gasteiger partial charge is 0.409 e.